The second kappa shape index (κ2) is 9.60. The molecule has 1 aromatic carbocycles. The van der Waals surface area contributed by atoms with Crippen LogP contribution in [-0.2, 0) is 0 Å². The Bertz CT molecular complexity index is 532. The first-order valence-corrected chi connectivity index (χ1v) is 9.42. The van der Waals surface area contributed by atoms with Crippen molar-refractivity contribution < 1.29 is 5.11 Å². The summed E-state index contributed by atoms with van der Waals surface area (Å²) in [5.74, 6) is 0.262. The smallest absolute Gasteiger partial charge is 0.144 e. The molecule has 8 heteroatoms. The van der Waals surface area contributed by atoms with Gasteiger partial charge in [0.05, 0.1) is 8.95 Å². The molecule has 0 unspecified atom stereocenters. The van der Waals surface area contributed by atoms with Crippen molar-refractivity contribution >= 4 is 72.6 Å². The summed E-state index contributed by atoms with van der Waals surface area (Å²) < 4.78 is 2.47. The number of phenols is 1. The summed E-state index contributed by atoms with van der Waals surface area (Å²) in [5.41, 5.74) is 1.17. The molecule has 134 valence electrons. The van der Waals surface area contributed by atoms with Crippen LogP contribution >= 0.6 is 72.6 Å². The standard InChI is InChI=1S/C15H21Br3N2O.2ClH/c1-15(2,3)14(20-6-4-19-5-7-20)11-9(16)8-10(17)13(21)12(11)18;;/h8,14,19,21H,4-7H2,1-3H3;2*1H/t14-;;/m0../s1. The molecule has 2 N–H and O–H groups in total. The molecule has 1 atom stereocenters. The molecule has 3 nitrogen and oxygen atoms in total. The molecule has 1 aliphatic heterocycles. The highest BCUT2D eigenvalue weighted by atomic mass is 79.9. The normalized spacial score (nSPS) is 17.1. The van der Waals surface area contributed by atoms with Crippen LogP contribution in [-0.4, -0.2) is 36.2 Å². The molecular weight excluding hydrogens is 535 g/mol. The van der Waals surface area contributed by atoms with Crippen molar-refractivity contribution in [3.63, 3.8) is 0 Å². The number of rotatable bonds is 2. The highest BCUT2D eigenvalue weighted by molar-refractivity contribution is 9.11. The third-order valence-electron chi connectivity index (χ3n) is 3.79. The quantitative estimate of drug-likeness (QED) is 0.503. The highest BCUT2D eigenvalue weighted by Gasteiger charge is 2.36. The Kier molecular flexibility index (Phi) is 10.0. The van der Waals surface area contributed by atoms with Crippen LogP contribution in [0.5, 0.6) is 5.75 Å². The molecule has 1 fully saturated rings. The first-order valence-electron chi connectivity index (χ1n) is 7.04. The van der Waals surface area contributed by atoms with Crippen LogP contribution in [0, 0.1) is 5.41 Å². The minimum atomic E-state index is 0. The molecule has 0 radical (unpaired) electrons. The highest BCUT2D eigenvalue weighted by Crippen LogP contribution is 2.48. The lowest BCUT2D eigenvalue weighted by molar-refractivity contribution is 0.0850. The molecule has 1 heterocycles. The summed E-state index contributed by atoms with van der Waals surface area (Å²) in [4.78, 5) is 2.49. The summed E-state index contributed by atoms with van der Waals surface area (Å²) in [7, 11) is 0. The Hall–Kier alpha value is 0.960. The number of hydrogen-bond acceptors (Lipinski definition) is 3. The van der Waals surface area contributed by atoms with Crippen molar-refractivity contribution in [3.05, 3.63) is 25.0 Å². The Morgan fingerprint density at radius 3 is 2.09 bits per heavy atom. The van der Waals surface area contributed by atoms with E-state index in [0.717, 1.165) is 40.7 Å². The molecule has 2 rings (SSSR count). The molecule has 1 aromatic rings. The molecule has 0 aliphatic carbocycles. The predicted molar refractivity (Wildman–Crippen MR) is 112 cm³/mol. The summed E-state index contributed by atoms with van der Waals surface area (Å²) in [6, 6.07) is 2.15. The van der Waals surface area contributed by atoms with E-state index in [9.17, 15) is 5.11 Å². The second-order valence-corrected chi connectivity index (χ2v) is 8.97. The maximum atomic E-state index is 10.3. The SMILES string of the molecule is CC(C)(C)[C@H](c1c(Br)cc(Br)c(O)c1Br)N1CCNCC1.Cl.Cl. The van der Waals surface area contributed by atoms with Gasteiger partial charge in [-0.2, -0.15) is 0 Å². The second-order valence-electron chi connectivity index (χ2n) is 6.47. The summed E-state index contributed by atoms with van der Waals surface area (Å²) in [5, 5.41) is 13.7. The maximum Gasteiger partial charge on any atom is 0.144 e. The Morgan fingerprint density at radius 1 is 1.09 bits per heavy atom. The summed E-state index contributed by atoms with van der Waals surface area (Å²) >= 11 is 10.7. The summed E-state index contributed by atoms with van der Waals surface area (Å²) in [6.07, 6.45) is 0. The van der Waals surface area contributed by atoms with Crippen LogP contribution in [0.1, 0.15) is 32.4 Å². The molecule has 0 saturated carbocycles. The van der Waals surface area contributed by atoms with Gasteiger partial charge in [-0.15, -0.1) is 24.8 Å². The van der Waals surface area contributed by atoms with Gasteiger partial charge in [0.25, 0.3) is 0 Å². The zero-order valence-electron chi connectivity index (χ0n) is 13.3. The van der Waals surface area contributed by atoms with Crippen LogP contribution in [0.4, 0.5) is 0 Å². The van der Waals surface area contributed by atoms with E-state index in [1.54, 1.807) is 0 Å². The van der Waals surface area contributed by atoms with Crippen molar-refractivity contribution in [1.29, 1.82) is 0 Å². The third kappa shape index (κ3) is 5.47. The zero-order chi connectivity index (χ0) is 15.8. The van der Waals surface area contributed by atoms with E-state index >= 15 is 0 Å². The van der Waals surface area contributed by atoms with E-state index in [-0.39, 0.29) is 42.0 Å². The van der Waals surface area contributed by atoms with Gasteiger partial charge in [-0.25, -0.2) is 0 Å². The number of benzene rings is 1. The van der Waals surface area contributed by atoms with Gasteiger partial charge in [0.15, 0.2) is 0 Å². The van der Waals surface area contributed by atoms with Crippen molar-refractivity contribution in [3.8, 4) is 5.75 Å². The van der Waals surface area contributed by atoms with Gasteiger partial charge >= 0.3 is 0 Å². The lowest BCUT2D eigenvalue weighted by Crippen LogP contribution is -2.48. The van der Waals surface area contributed by atoms with Crippen LogP contribution in [0.2, 0.25) is 0 Å². The van der Waals surface area contributed by atoms with Crippen molar-refractivity contribution in [1.82, 2.24) is 10.2 Å². The molecule has 23 heavy (non-hydrogen) atoms. The van der Waals surface area contributed by atoms with Crippen LogP contribution in [0.15, 0.2) is 19.5 Å². The molecule has 0 aromatic heterocycles. The minimum absolute atomic E-state index is 0. The number of aromatic hydroxyl groups is 1. The number of nitrogens with one attached hydrogen (secondary N) is 1. The zero-order valence-corrected chi connectivity index (χ0v) is 19.7. The molecule has 0 bridgehead atoms. The fourth-order valence-electron chi connectivity index (χ4n) is 2.95. The van der Waals surface area contributed by atoms with Gasteiger partial charge < -0.3 is 10.4 Å². The number of phenolic OH excluding ortho intramolecular Hbond substituents is 1. The largest absolute Gasteiger partial charge is 0.506 e. The third-order valence-corrected chi connectivity index (χ3v) is 5.86. The van der Waals surface area contributed by atoms with E-state index in [4.69, 9.17) is 0 Å². The van der Waals surface area contributed by atoms with Gasteiger partial charge in [0.1, 0.15) is 5.75 Å². The monoisotopic (exact) mass is 554 g/mol. The average Bonchev–Trinajstić information content (AvgIpc) is 2.40. The minimum Gasteiger partial charge on any atom is -0.506 e. The molecule has 1 aliphatic rings. The van der Waals surface area contributed by atoms with E-state index in [0.29, 0.717) is 4.47 Å². The predicted octanol–water partition coefficient (Wildman–Crippen LogP) is 5.52. The topological polar surface area (TPSA) is 35.5 Å². The maximum absolute atomic E-state index is 10.3. The summed E-state index contributed by atoms with van der Waals surface area (Å²) in [6.45, 7) is 10.8. The lowest BCUT2D eigenvalue weighted by atomic mass is 9.81. The molecule has 0 amide bonds. The van der Waals surface area contributed by atoms with Crippen LogP contribution in [0.25, 0.3) is 0 Å². The van der Waals surface area contributed by atoms with E-state index in [1.165, 1.54) is 0 Å². The number of hydrogen-bond donors (Lipinski definition) is 2. The lowest BCUT2D eigenvalue weighted by Gasteiger charge is -2.43. The first-order chi connectivity index (χ1) is 9.73. The number of nitrogens with zero attached hydrogens (tertiary/aromatic N) is 1. The van der Waals surface area contributed by atoms with E-state index in [1.807, 2.05) is 6.07 Å². The average molecular weight is 558 g/mol. The van der Waals surface area contributed by atoms with Gasteiger partial charge in [-0.3, -0.25) is 4.90 Å². The van der Waals surface area contributed by atoms with Crippen LogP contribution in [0.3, 0.4) is 0 Å². The fourth-order valence-corrected chi connectivity index (χ4v) is 5.50. The van der Waals surface area contributed by atoms with Crippen molar-refractivity contribution in [2.75, 3.05) is 26.2 Å². The van der Waals surface area contributed by atoms with Crippen molar-refractivity contribution in [2.24, 2.45) is 5.41 Å². The molecule has 1 saturated heterocycles. The van der Waals surface area contributed by atoms with Gasteiger partial charge in [-0.1, -0.05) is 36.7 Å². The van der Waals surface area contributed by atoms with Gasteiger partial charge in [0, 0.05) is 42.3 Å². The Morgan fingerprint density at radius 2 is 1.61 bits per heavy atom. The molecule has 0 spiro atoms. The van der Waals surface area contributed by atoms with Gasteiger partial charge in [-0.05, 0) is 43.3 Å². The van der Waals surface area contributed by atoms with E-state index in [2.05, 4.69) is 78.8 Å². The van der Waals surface area contributed by atoms with E-state index < -0.39 is 0 Å². The Balaban J connectivity index is 0.00000242. The first kappa shape index (κ1) is 24.0. The van der Waals surface area contributed by atoms with Crippen molar-refractivity contribution in [2.45, 2.75) is 26.8 Å². The molecular formula is C15H23Br3Cl2N2O. The number of halogens is 5. The Labute approximate surface area is 176 Å². The fraction of sp³-hybridized carbons (Fsp3) is 0.600. The number of piperazine rings is 1. The van der Waals surface area contributed by atoms with Crippen LogP contribution < -0.4 is 5.32 Å². The van der Waals surface area contributed by atoms with Gasteiger partial charge in [0.2, 0.25) is 0 Å².